The Balaban J connectivity index is 1.67. The van der Waals surface area contributed by atoms with Crippen LogP contribution in [0.1, 0.15) is 128 Å². The second-order valence-electron chi connectivity index (χ2n) is 11.0. The fourth-order valence-corrected chi connectivity index (χ4v) is 5.84. The molecule has 1 heterocycles. The maximum atomic E-state index is 11.8. The van der Waals surface area contributed by atoms with Gasteiger partial charge in [-0.05, 0) is 44.9 Å². The van der Waals surface area contributed by atoms with Crippen molar-refractivity contribution >= 4 is 5.97 Å². The third kappa shape index (κ3) is 10.2. The van der Waals surface area contributed by atoms with E-state index in [9.17, 15) is 30.3 Å². The zero-order valence-electron chi connectivity index (χ0n) is 22.2. The molecule has 0 radical (unpaired) electrons. The maximum Gasteiger partial charge on any atom is 0.309 e. The fraction of sp³-hybridized carbons (Fsp3) is 0.828. The van der Waals surface area contributed by atoms with Gasteiger partial charge >= 0.3 is 5.97 Å². The van der Waals surface area contributed by atoms with Crippen LogP contribution in [0.5, 0.6) is 0 Å². The molecule has 0 aliphatic heterocycles. The van der Waals surface area contributed by atoms with Gasteiger partial charge in [0.25, 0.3) is 0 Å². The van der Waals surface area contributed by atoms with E-state index in [1.54, 1.807) is 18.3 Å². The Hall–Kier alpha value is -1.41. The van der Waals surface area contributed by atoms with Crippen molar-refractivity contribution in [2.75, 3.05) is 0 Å². The quantitative estimate of drug-likeness (QED) is 0.155. The summed E-state index contributed by atoms with van der Waals surface area (Å²) in [6, 6.07) is 3.50. The van der Waals surface area contributed by atoms with Crippen LogP contribution >= 0.6 is 0 Å². The Labute approximate surface area is 217 Å². The van der Waals surface area contributed by atoms with Gasteiger partial charge in [0.05, 0.1) is 29.8 Å². The lowest BCUT2D eigenvalue weighted by molar-refractivity contribution is -0.147. The number of carboxylic acid groups (broad SMARTS) is 1. The highest BCUT2D eigenvalue weighted by Gasteiger charge is 2.44. The first-order valence-corrected chi connectivity index (χ1v) is 14.4. The predicted molar refractivity (Wildman–Crippen MR) is 140 cm³/mol. The standard InChI is InChI=1S/C29H50NO6/c1-2-3-4-5-8-13-22(31)14-9-6-7-10-15-23(28(34)35)26(32)18-20-29(36)19-11-16-24(29)27(33)25-17-12-21-30-25/h12,17,21-24,26-27,31-33,36H,2-11,13-16,18-20H2,1H3,(H,34,35)/q-1. The average molecular weight is 509 g/mol. The molecule has 6 atom stereocenters. The van der Waals surface area contributed by atoms with Gasteiger partial charge in [-0.3, -0.25) is 4.79 Å². The average Bonchev–Trinajstić information content (AvgIpc) is 3.52. The highest BCUT2D eigenvalue weighted by Crippen LogP contribution is 2.45. The molecule has 7 heteroatoms. The zero-order valence-corrected chi connectivity index (χ0v) is 22.2. The maximum absolute atomic E-state index is 11.8. The monoisotopic (exact) mass is 508 g/mol. The summed E-state index contributed by atoms with van der Waals surface area (Å²) in [5.74, 6) is -2.23. The number of rotatable bonds is 20. The summed E-state index contributed by atoms with van der Waals surface area (Å²) in [6.45, 7) is 2.20. The molecule has 1 saturated carbocycles. The number of hydrogen-bond donors (Lipinski definition) is 5. The van der Waals surface area contributed by atoms with Crippen LogP contribution in [0.3, 0.4) is 0 Å². The summed E-state index contributed by atoms with van der Waals surface area (Å²) in [5, 5.41) is 52.4. The van der Waals surface area contributed by atoms with Gasteiger partial charge in [0.2, 0.25) is 0 Å². The number of carboxylic acids is 1. The van der Waals surface area contributed by atoms with Gasteiger partial charge in [-0.25, -0.2) is 0 Å². The Morgan fingerprint density at radius 2 is 1.64 bits per heavy atom. The van der Waals surface area contributed by atoms with Crippen LogP contribution in [-0.2, 0) is 4.79 Å². The number of aliphatic carboxylic acids is 1. The van der Waals surface area contributed by atoms with Gasteiger partial charge in [0.15, 0.2) is 0 Å². The van der Waals surface area contributed by atoms with E-state index >= 15 is 0 Å². The third-order valence-electron chi connectivity index (χ3n) is 8.17. The van der Waals surface area contributed by atoms with Crippen molar-refractivity contribution in [2.24, 2.45) is 11.8 Å². The molecule has 2 rings (SSSR count). The van der Waals surface area contributed by atoms with Crippen molar-refractivity contribution in [1.82, 2.24) is 4.98 Å². The minimum absolute atomic E-state index is 0.190. The summed E-state index contributed by atoms with van der Waals surface area (Å²) >= 11 is 0. The normalized spacial score (nSPS) is 23.4. The largest absolute Gasteiger partial charge is 0.665 e. The Kier molecular flexibility index (Phi) is 14.1. The van der Waals surface area contributed by atoms with Crippen LogP contribution in [0.4, 0.5) is 0 Å². The lowest BCUT2D eigenvalue weighted by Gasteiger charge is -2.36. The summed E-state index contributed by atoms with van der Waals surface area (Å²) < 4.78 is 0. The molecule has 0 aromatic carbocycles. The first kappa shape index (κ1) is 30.8. The molecular weight excluding hydrogens is 458 g/mol. The predicted octanol–water partition coefficient (Wildman–Crippen LogP) is 5.11. The van der Waals surface area contributed by atoms with Gasteiger partial charge in [-0.2, -0.15) is 6.20 Å². The van der Waals surface area contributed by atoms with Gasteiger partial charge < -0.3 is 30.5 Å². The van der Waals surface area contributed by atoms with Crippen LogP contribution in [-0.4, -0.2) is 49.3 Å². The van der Waals surface area contributed by atoms with Gasteiger partial charge in [0, 0.05) is 5.92 Å². The number of aromatic nitrogens is 1. The van der Waals surface area contributed by atoms with Crippen LogP contribution in [0.15, 0.2) is 18.3 Å². The smallest absolute Gasteiger partial charge is 0.309 e. The summed E-state index contributed by atoms with van der Waals surface area (Å²) in [6.07, 6.45) is 13.5. The number of hydrogen-bond acceptors (Lipinski definition) is 5. The van der Waals surface area contributed by atoms with Crippen LogP contribution in [0.2, 0.25) is 0 Å². The second-order valence-corrected chi connectivity index (χ2v) is 11.0. The topological polar surface area (TPSA) is 132 Å². The van der Waals surface area contributed by atoms with E-state index < -0.39 is 29.7 Å². The van der Waals surface area contributed by atoms with E-state index in [-0.39, 0.29) is 24.9 Å². The minimum Gasteiger partial charge on any atom is -0.665 e. The molecule has 0 saturated heterocycles. The van der Waals surface area contributed by atoms with Crippen molar-refractivity contribution in [3.63, 3.8) is 0 Å². The van der Waals surface area contributed by atoms with Crippen molar-refractivity contribution < 1.29 is 30.3 Å². The van der Waals surface area contributed by atoms with Gasteiger partial charge in [-0.1, -0.05) is 83.3 Å². The number of nitrogens with zero attached hydrogens (tertiary/aromatic N) is 1. The first-order chi connectivity index (χ1) is 17.3. The van der Waals surface area contributed by atoms with Gasteiger partial charge in [0.1, 0.15) is 0 Å². The van der Waals surface area contributed by atoms with Gasteiger partial charge in [-0.15, -0.1) is 5.69 Å². The molecular formula is C29H50NO6-. The summed E-state index contributed by atoms with van der Waals surface area (Å²) in [7, 11) is 0. The van der Waals surface area contributed by atoms with E-state index in [0.717, 1.165) is 51.4 Å². The molecule has 6 unspecified atom stereocenters. The SMILES string of the molecule is CCCCCCCC(O)CCCCCCC(C(=O)O)C(O)CCC1(O)CCCC1C(O)c1ccc[n-]1. The van der Waals surface area contributed by atoms with Crippen molar-refractivity contribution in [1.29, 1.82) is 0 Å². The molecule has 1 aliphatic carbocycles. The molecule has 7 nitrogen and oxygen atoms in total. The number of aliphatic hydroxyl groups is 4. The van der Waals surface area contributed by atoms with E-state index in [2.05, 4.69) is 11.9 Å². The van der Waals surface area contributed by atoms with E-state index in [0.29, 0.717) is 25.0 Å². The number of unbranched alkanes of at least 4 members (excludes halogenated alkanes) is 7. The van der Waals surface area contributed by atoms with E-state index in [4.69, 9.17) is 0 Å². The molecule has 1 aromatic rings. The lowest BCUT2D eigenvalue weighted by atomic mass is 9.80. The molecule has 0 amide bonds. The minimum atomic E-state index is -1.13. The molecule has 36 heavy (non-hydrogen) atoms. The summed E-state index contributed by atoms with van der Waals surface area (Å²) in [4.78, 5) is 16.0. The van der Waals surface area contributed by atoms with Crippen molar-refractivity contribution in [2.45, 2.75) is 140 Å². The van der Waals surface area contributed by atoms with E-state index in [1.807, 2.05) is 0 Å². The van der Waals surface area contributed by atoms with Crippen LogP contribution in [0, 0.1) is 11.8 Å². The highest BCUT2D eigenvalue weighted by atomic mass is 16.4. The third-order valence-corrected chi connectivity index (χ3v) is 8.17. The fourth-order valence-electron chi connectivity index (χ4n) is 5.84. The molecule has 208 valence electrons. The molecule has 0 bridgehead atoms. The van der Waals surface area contributed by atoms with Crippen molar-refractivity contribution in [3.8, 4) is 0 Å². The van der Waals surface area contributed by atoms with Crippen LogP contribution in [0.25, 0.3) is 0 Å². The number of carbonyl (C=O) groups is 1. The molecule has 1 fully saturated rings. The first-order valence-electron chi connectivity index (χ1n) is 14.4. The number of aliphatic hydroxyl groups excluding tert-OH is 3. The lowest BCUT2D eigenvalue weighted by Crippen LogP contribution is -2.39. The highest BCUT2D eigenvalue weighted by molar-refractivity contribution is 5.70. The Morgan fingerprint density at radius 3 is 2.22 bits per heavy atom. The molecule has 0 spiro atoms. The van der Waals surface area contributed by atoms with Crippen molar-refractivity contribution in [3.05, 3.63) is 24.0 Å². The summed E-state index contributed by atoms with van der Waals surface area (Å²) in [5.41, 5.74) is -0.581. The molecule has 5 N–H and O–H groups in total. The van der Waals surface area contributed by atoms with Crippen LogP contribution < -0.4 is 4.98 Å². The Bertz CT molecular complexity index is 711. The molecule has 1 aromatic heterocycles. The zero-order chi connectivity index (χ0) is 26.4. The molecule has 1 aliphatic rings. The second kappa shape index (κ2) is 16.4. The Morgan fingerprint density at radius 1 is 1.00 bits per heavy atom. The van der Waals surface area contributed by atoms with E-state index in [1.165, 1.54) is 25.7 Å².